The molecule has 5 rings (SSSR count). The monoisotopic (exact) mass is 667 g/mol. The van der Waals surface area contributed by atoms with E-state index in [1.165, 1.54) is 37.4 Å². The third kappa shape index (κ3) is 7.90. The van der Waals surface area contributed by atoms with Crippen molar-refractivity contribution < 1.29 is 39.9 Å². The van der Waals surface area contributed by atoms with Crippen molar-refractivity contribution in [2.24, 2.45) is 11.8 Å². The van der Waals surface area contributed by atoms with Crippen molar-refractivity contribution in [1.82, 2.24) is 19.8 Å². The number of benzene rings is 2. The molecule has 0 radical (unpaired) electrons. The minimum absolute atomic E-state index is 0.0217. The largest absolute Gasteiger partial charge is 0.495 e. The van der Waals surface area contributed by atoms with Gasteiger partial charge in [-0.25, -0.2) is 22.2 Å². The zero-order valence-electron chi connectivity index (χ0n) is 25.4. The van der Waals surface area contributed by atoms with Crippen LogP contribution in [0.2, 0.25) is 0 Å². The SMILES string of the molecule is COc1ccc(S(C)(=O)=O)cc1NCC#Cc1cc(C(=O)N[C@H]2CCN(C[C@H]3CC3(F)F)C[C@@H]2C)c2ncn(CC(F)(F)F)c2c1. The Morgan fingerprint density at radius 2 is 1.96 bits per heavy atom. The number of rotatable bonds is 9. The highest BCUT2D eigenvalue weighted by Gasteiger charge is 2.57. The highest BCUT2D eigenvalue weighted by Crippen LogP contribution is 2.49. The highest BCUT2D eigenvalue weighted by atomic mass is 32.2. The number of hydrogen-bond acceptors (Lipinski definition) is 7. The van der Waals surface area contributed by atoms with Gasteiger partial charge in [0.2, 0.25) is 0 Å². The number of fused-ring (bicyclic) bond motifs is 1. The predicted octanol–water partition coefficient (Wildman–Crippen LogP) is 4.57. The number of piperidine rings is 1. The molecule has 2 heterocycles. The molecule has 1 aromatic heterocycles. The molecule has 1 aliphatic carbocycles. The van der Waals surface area contributed by atoms with E-state index in [1.54, 1.807) is 0 Å². The molecule has 2 N–H and O–H groups in total. The summed E-state index contributed by atoms with van der Waals surface area (Å²) in [6.07, 6.45) is -1.99. The molecule has 3 aromatic rings. The van der Waals surface area contributed by atoms with Crippen LogP contribution in [0.3, 0.4) is 0 Å². The van der Waals surface area contributed by atoms with Crippen molar-refractivity contribution in [2.75, 3.05) is 44.9 Å². The Hall–Kier alpha value is -3.90. The lowest BCUT2D eigenvalue weighted by Crippen LogP contribution is -2.50. The van der Waals surface area contributed by atoms with Crippen molar-refractivity contribution in [3.8, 4) is 17.6 Å². The van der Waals surface area contributed by atoms with E-state index in [-0.39, 0.29) is 52.0 Å². The van der Waals surface area contributed by atoms with Crippen molar-refractivity contribution in [3.63, 3.8) is 0 Å². The number of aromatic nitrogens is 2. The van der Waals surface area contributed by atoms with Crippen LogP contribution in [0, 0.1) is 23.7 Å². The number of likely N-dealkylation sites (tertiary alicyclic amines) is 1. The lowest BCUT2D eigenvalue weighted by atomic mass is 9.93. The first-order chi connectivity index (χ1) is 21.5. The number of amides is 1. The summed E-state index contributed by atoms with van der Waals surface area (Å²) in [6, 6.07) is 6.95. The maximum absolute atomic E-state index is 13.6. The maximum Gasteiger partial charge on any atom is 0.406 e. The van der Waals surface area contributed by atoms with Crippen molar-refractivity contribution in [3.05, 3.63) is 47.8 Å². The number of methoxy groups -OCH3 is 1. The molecule has 1 saturated carbocycles. The van der Waals surface area contributed by atoms with E-state index < -0.39 is 40.3 Å². The molecule has 0 bridgehead atoms. The number of nitrogens with one attached hydrogen (secondary N) is 2. The lowest BCUT2D eigenvalue weighted by Gasteiger charge is -2.37. The number of alkyl halides is 5. The molecule has 3 atom stereocenters. The Balaban J connectivity index is 1.35. The van der Waals surface area contributed by atoms with Gasteiger partial charge in [0.25, 0.3) is 11.8 Å². The summed E-state index contributed by atoms with van der Waals surface area (Å²) in [5, 5.41) is 5.96. The normalized spacial score (nSPS) is 21.3. The van der Waals surface area contributed by atoms with Gasteiger partial charge in [-0.2, -0.15) is 13.2 Å². The van der Waals surface area contributed by atoms with Crippen LogP contribution in [0.5, 0.6) is 5.75 Å². The number of anilines is 1. The molecular formula is C31H34F5N5O4S. The average molecular weight is 668 g/mol. The van der Waals surface area contributed by atoms with Crippen LogP contribution in [0.25, 0.3) is 11.0 Å². The van der Waals surface area contributed by atoms with E-state index in [1.807, 2.05) is 11.8 Å². The number of nitrogens with zero attached hydrogens (tertiary/aromatic N) is 3. The van der Waals surface area contributed by atoms with Crippen molar-refractivity contribution in [2.45, 2.75) is 49.3 Å². The molecule has 2 fully saturated rings. The number of halogens is 5. The van der Waals surface area contributed by atoms with Gasteiger partial charge in [0.1, 0.15) is 17.8 Å². The summed E-state index contributed by atoms with van der Waals surface area (Å²) in [5.74, 6) is 2.31. The van der Waals surface area contributed by atoms with E-state index in [2.05, 4.69) is 27.5 Å². The Kier molecular flexibility index (Phi) is 9.25. The van der Waals surface area contributed by atoms with E-state index in [0.29, 0.717) is 37.5 Å². The fourth-order valence-corrected chi connectivity index (χ4v) is 6.35. The predicted molar refractivity (Wildman–Crippen MR) is 162 cm³/mol. The number of carbonyl (C=O) groups is 1. The van der Waals surface area contributed by atoms with Crippen LogP contribution in [0.1, 0.15) is 35.7 Å². The molecule has 1 amide bonds. The van der Waals surface area contributed by atoms with Crippen LogP contribution in [-0.4, -0.2) is 86.5 Å². The summed E-state index contributed by atoms with van der Waals surface area (Å²) in [4.78, 5) is 19.7. The minimum Gasteiger partial charge on any atom is -0.495 e. The standard InChI is InChI=1S/C31H34F5N5O4S/c1-19-15-40(16-21-14-30(21,32)33)10-8-24(19)39-29(42)23-11-20(12-26-28(23)38-18-41(26)17-31(34,35)36)5-4-9-37-25-13-22(46(3,43)44)6-7-27(25)45-2/h6-7,11-13,18-19,21,24,37H,8-10,14-17H2,1-3H3,(H,39,42)/t19-,21+,24-/m0/s1. The second-order valence-electron chi connectivity index (χ2n) is 11.9. The second-order valence-corrected chi connectivity index (χ2v) is 14.0. The number of carbonyl (C=O) groups excluding carboxylic acids is 1. The summed E-state index contributed by atoms with van der Waals surface area (Å²) >= 11 is 0. The van der Waals surface area contributed by atoms with Gasteiger partial charge in [0, 0.05) is 49.8 Å². The smallest absolute Gasteiger partial charge is 0.406 e. The van der Waals surface area contributed by atoms with E-state index in [4.69, 9.17) is 4.74 Å². The lowest BCUT2D eigenvalue weighted by molar-refractivity contribution is -0.140. The molecule has 15 heteroatoms. The van der Waals surface area contributed by atoms with Crippen molar-refractivity contribution >= 4 is 32.5 Å². The molecule has 248 valence electrons. The van der Waals surface area contributed by atoms with Crippen LogP contribution >= 0.6 is 0 Å². The highest BCUT2D eigenvalue weighted by molar-refractivity contribution is 7.90. The Morgan fingerprint density at radius 1 is 1.22 bits per heavy atom. The van der Waals surface area contributed by atoms with Gasteiger partial charge >= 0.3 is 6.18 Å². The van der Waals surface area contributed by atoms with Gasteiger partial charge in [-0.1, -0.05) is 18.8 Å². The Bertz CT molecular complexity index is 1800. The molecule has 9 nitrogen and oxygen atoms in total. The van der Waals surface area contributed by atoms with E-state index in [0.717, 1.165) is 17.2 Å². The molecule has 2 aliphatic rings. The fraction of sp³-hybridized carbons (Fsp3) is 0.484. The van der Waals surface area contributed by atoms with Gasteiger partial charge in [-0.05, 0) is 42.7 Å². The van der Waals surface area contributed by atoms with E-state index in [9.17, 15) is 35.2 Å². The summed E-state index contributed by atoms with van der Waals surface area (Å²) in [6.45, 7) is 2.01. The third-order valence-electron chi connectivity index (χ3n) is 8.26. The minimum atomic E-state index is -4.53. The molecule has 1 aliphatic heterocycles. The molecule has 0 spiro atoms. The number of imidazole rings is 1. The zero-order valence-corrected chi connectivity index (χ0v) is 26.2. The first-order valence-corrected chi connectivity index (χ1v) is 16.5. The average Bonchev–Trinajstić information content (AvgIpc) is 3.37. The first kappa shape index (κ1) is 33.5. The maximum atomic E-state index is 13.6. The van der Waals surface area contributed by atoms with Crippen LogP contribution in [-0.2, 0) is 16.4 Å². The zero-order chi connectivity index (χ0) is 33.4. The van der Waals surface area contributed by atoms with Gasteiger partial charge in [-0.3, -0.25) is 4.79 Å². The topological polar surface area (TPSA) is 106 Å². The van der Waals surface area contributed by atoms with Gasteiger partial charge in [0.05, 0.1) is 41.6 Å². The molecule has 2 aromatic carbocycles. The Labute approximate surface area is 263 Å². The molecule has 46 heavy (non-hydrogen) atoms. The van der Waals surface area contributed by atoms with E-state index >= 15 is 0 Å². The number of ether oxygens (including phenoxy) is 1. The fourth-order valence-electron chi connectivity index (χ4n) is 5.71. The molecule has 1 saturated heterocycles. The van der Waals surface area contributed by atoms with Crippen LogP contribution in [0.15, 0.2) is 41.6 Å². The summed E-state index contributed by atoms with van der Waals surface area (Å²) < 4.78 is 96.9. The first-order valence-electron chi connectivity index (χ1n) is 14.6. The van der Waals surface area contributed by atoms with Crippen LogP contribution in [0.4, 0.5) is 27.6 Å². The molecule has 0 unspecified atom stereocenters. The van der Waals surface area contributed by atoms with Gasteiger partial charge in [-0.15, -0.1) is 0 Å². The Morgan fingerprint density at radius 3 is 2.59 bits per heavy atom. The summed E-state index contributed by atoms with van der Waals surface area (Å²) in [5.41, 5.74) is 0.884. The van der Waals surface area contributed by atoms with Gasteiger partial charge in [0.15, 0.2) is 9.84 Å². The quantitative estimate of drug-likeness (QED) is 0.255. The number of sulfone groups is 1. The number of hydrogen-bond donors (Lipinski definition) is 2. The van der Waals surface area contributed by atoms with Crippen LogP contribution < -0.4 is 15.4 Å². The van der Waals surface area contributed by atoms with Crippen molar-refractivity contribution in [1.29, 1.82) is 0 Å². The van der Waals surface area contributed by atoms with Gasteiger partial charge < -0.3 is 24.8 Å². The molecular weight excluding hydrogens is 633 g/mol. The second kappa shape index (κ2) is 12.7. The summed E-state index contributed by atoms with van der Waals surface area (Å²) in [7, 11) is -2.05. The third-order valence-corrected chi connectivity index (χ3v) is 9.37.